The van der Waals surface area contributed by atoms with Crippen LogP contribution >= 0.6 is 31.9 Å². The minimum Gasteiger partial charge on any atom is -0.494 e. The maximum atomic E-state index is 12.4. The van der Waals surface area contributed by atoms with Gasteiger partial charge in [-0.2, -0.15) is 0 Å². The van der Waals surface area contributed by atoms with Crippen molar-refractivity contribution in [3.05, 3.63) is 61.5 Å². The zero-order chi connectivity index (χ0) is 15.4. The molecule has 2 N–H and O–H groups in total. The summed E-state index contributed by atoms with van der Waals surface area (Å²) in [4.78, 5) is 19.3. The second-order valence-corrected chi connectivity index (χ2v) is 6.82. The fraction of sp³-hybridized carbons (Fsp3) is 0. The maximum Gasteiger partial charge on any atom is 0.279 e. The number of hydrogen-bond acceptors (Lipinski definition) is 2. The number of carbonyl (C=O) groups excluding carboxylic acids is 1. The number of hydrogen-bond donors (Lipinski definition) is 2. The fourth-order valence-corrected chi connectivity index (χ4v) is 3.45. The van der Waals surface area contributed by atoms with Crippen LogP contribution in [0.4, 0.5) is 0 Å². The molecule has 0 saturated carbocycles. The maximum absolute atomic E-state index is 12.4. The Morgan fingerprint density at radius 2 is 1.77 bits per heavy atom. The Morgan fingerprint density at radius 1 is 1.05 bits per heavy atom. The molecular formula is C16H8Br2N2O2. The first-order chi connectivity index (χ1) is 10.5. The van der Waals surface area contributed by atoms with Gasteiger partial charge in [0.25, 0.3) is 5.91 Å². The average Bonchev–Trinajstić information content (AvgIpc) is 2.94. The summed E-state index contributed by atoms with van der Waals surface area (Å²) in [6, 6.07) is 11.1. The predicted octanol–water partition coefficient (Wildman–Crippen LogP) is 2.76. The summed E-state index contributed by atoms with van der Waals surface area (Å²) in [5.41, 5.74) is 1.67. The lowest BCUT2D eigenvalue weighted by Gasteiger charge is -2.00. The first kappa shape index (κ1) is 13.7. The number of fused-ring (bicyclic) bond motifs is 2. The molecule has 0 unspecified atom stereocenters. The van der Waals surface area contributed by atoms with Crippen molar-refractivity contribution < 1.29 is 9.90 Å². The van der Waals surface area contributed by atoms with E-state index in [9.17, 15) is 9.90 Å². The quantitative estimate of drug-likeness (QED) is 0.636. The van der Waals surface area contributed by atoms with E-state index in [0.29, 0.717) is 16.5 Å². The Morgan fingerprint density at radius 3 is 2.59 bits per heavy atom. The van der Waals surface area contributed by atoms with Crippen LogP contribution in [0, 0.1) is 0 Å². The number of nitrogens with one attached hydrogen (secondary N) is 1. The summed E-state index contributed by atoms with van der Waals surface area (Å²) in [6.07, 6.45) is 0. The van der Waals surface area contributed by atoms with Gasteiger partial charge in [-0.1, -0.05) is 31.9 Å². The van der Waals surface area contributed by atoms with Gasteiger partial charge in [0.2, 0.25) is 0 Å². The summed E-state index contributed by atoms with van der Waals surface area (Å²) in [5, 5.41) is 12.4. The van der Waals surface area contributed by atoms with E-state index >= 15 is 0 Å². The first-order valence-electron chi connectivity index (χ1n) is 6.48. The van der Waals surface area contributed by atoms with Gasteiger partial charge in [-0.15, -0.1) is 0 Å². The van der Waals surface area contributed by atoms with Crippen LogP contribution in [0.15, 0.2) is 50.3 Å². The third kappa shape index (κ3) is 1.94. The number of amides is 1. The highest BCUT2D eigenvalue weighted by atomic mass is 79.9. The zero-order valence-electron chi connectivity index (χ0n) is 11.0. The lowest BCUT2D eigenvalue weighted by atomic mass is 10.0. The molecule has 1 aliphatic rings. The van der Waals surface area contributed by atoms with Gasteiger partial charge in [0.1, 0.15) is 0 Å². The fourth-order valence-electron chi connectivity index (χ4n) is 2.73. The van der Waals surface area contributed by atoms with Crippen molar-refractivity contribution in [2.75, 3.05) is 0 Å². The molecule has 4 nitrogen and oxygen atoms in total. The van der Waals surface area contributed by atoms with Crippen molar-refractivity contribution in [2.45, 2.75) is 0 Å². The molecule has 3 aromatic rings. The molecule has 0 fully saturated rings. The van der Waals surface area contributed by atoms with E-state index < -0.39 is 0 Å². The number of halogens is 2. The minimum absolute atomic E-state index is 0.0283. The summed E-state index contributed by atoms with van der Waals surface area (Å²) in [6.45, 7) is 0. The largest absolute Gasteiger partial charge is 0.494 e. The van der Waals surface area contributed by atoms with Crippen LogP contribution < -0.4 is 10.6 Å². The van der Waals surface area contributed by atoms with Crippen LogP contribution in [0.5, 0.6) is 5.88 Å². The van der Waals surface area contributed by atoms with Crippen LogP contribution in [0.3, 0.4) is 0 Å². The van der Waals surface area contributed by atoms with Crippen LogP contribution in [0.25, 0.3) is 16.5 Å². The van der Waals surface area contributed by atoms with Gasteiger partial charge in [-0.25, -0.2) is 4.99 Å². The van der Waals surface area contributed by atoms with Crippen molar-refractivity contribution in [3.63, 3.8) is 0 Å². The predicted molar refractivity (Wildman–Crippen MR) is 90.1 cm³/mol. The number of aromatic nitrogens is 1. The van der Waals surface area contributed by atoms with E-state index in [0.717, 1.165) is 25.1 Å². The molecule has 1 aliphatic heterocycles. The molecule has 0 atom stereocenters. The molecule has 0 aliphatic carbocycles. The molecule has 6 heteroatoms. The van der Waals surface area contributed by atoms with Crippen molar-refractivity contribution in [1.29, 1.82) is 0 Å². The van der Waals surface area contributed by atoms with Gasteiger partial charge >= 0.3 is 0 Å². The normalized spacial score (nSPS) is 13.5. The molecule has 1 amide bonds. The topological polar surface area (TPSA) is 65.4 Å². The molecule has 0 spiro atoms. The molecule has 0 saturated heterocycles. The molecule has 1 aromatic heterocycles. The van der Waals surface area contributed by atoms with E-state index in [1.807, 2.05) is 30.3 Å². The second kappa shape index (κ2) is 4.79. The van der Waals surface area contributed by atoms with Crippen molar-refractivity contribution in [3.8, 4) is 5.88 Å². The van der Waals surface area contributed by atoms with E-state index in [2.05, 4.69) is 41.8 Å². The van der Waals surface area contributed by atoms with Crippen molar-refractivity contribution in [1.82, 2.24) is 4.98 Å². The van der Waals surface area contributed by atoms with Gasteiger partial charge < -0.3 is 10.1 Å². The lowest BCUT2D eigenvalue weighted by Crippen LogP contribution is -2.22. The smallest absolute Gasteiger partial charge is 0.279 e. The summed E-state index contributed by atoms with van der Waals surface area (Å²) in [7, 11) is 0. The van der Waals surface area contributed by atoms with E-state index in [4.69, 9.17) is 0 Å². The number of nitrogens with zero attached hydrogens (tertiary/aromatic N) is 1. The van der Waals surface area contributed by atoms with E-state index in [1.165, 1.54) is 0 Å². The number of aromatic hydroxyl groups is 1. The number of benzene rings is 2. The van der Waals surface area contributed by atoms with Gasteiger partial charge in [-0.3, -0.25) is 4.79 Å². The average molecular weight is 420 g/mol. The lowest BCUT2D eigenvalue weighted by molar-refractivity contribution is -0.112. The molecule has 4 rings (SSSR count). The number of aromatic amines is 1. The Labute approximate surface area is 141 Å². The highest BCUT2D eigenvalue weighted by Crippen LogP contribution is 2.34. The molecule has 22 heavy (non-hydrogen) atoms. The van der Waals surface area contributed by atoms with Gasteiger partial charge in [0.05, 0.1) is 16.5 Å². The van der Waals surface area contributed by atoms with Gasteiger partial charge in [-0.05, 0) is 36.4 Å². The third-order valence-corrected chi connectivity index (χ3v) is 4.64. The SMILES string of the molecule is O=C1N=c2ccc(Br)cc2=C1c1c(O)[nH]c2ccc(Br)cc12. The molecule has 2 heterocycles. The van der Waals surface area contributed by atoms with Crippen molar-refractivity contribution in [2.24, 2.45) is 4.99 Å². The van der Waals surface area contributed by atoms with Crippen LogP contribution in [0.2, 0.25) is 0 Å². The highest BCUT2D eigenvalue weighted by Gasteiger charge is 2.25. The zero-order valence-corrected chi connectivity index (χ0v) is 14.2. The minimum atomic E-state index is -0.343. The van der Waals surface area contributed by atoms with Crippen molar-refractivity contribution >= 4 is 54.2 Å². The Balaban J connectivity index is 2.18. The standard InChI is InChI=1S/C16H8Br2N2O2/c17-7-1-3-11-9(5-7)13(15(21)19-11)14-10-6-8(18)2-4-12(10)20-16(14)22/h1-6,19,21H. The number of rotatable bonds is 1. The summed E-state index contributed by atoms with van der Waals surface area (Å²) in [5.74, 6) is -0.372. The number of carbonyl (C=O) groups is 1. The Bertz CT molecular complexity index is 1080. The summed E-state index contributed by atoms with van der Waals surface area (Å²) < 4.78 is 1.73. The second-order valence-electron chi connectivity index (χ2n) is 4.99. The molecule has 0 bridgehead atoms. The molecular weight excluding hydrogens is 412 g/mol. The van der Waals surface area contributed by atoms with Crippen LogP contribution in [0.1, 0.15) is 5.56 Å². The molecule has 2 aromatic carbocycles. The number of H-pyrrole nitrogens is 1. The third-order valence-electron chi connectivity index (χ3n) is 3.65. The monoisotopic (exact) mass is 418 g/mol. The van der Waals surface area contributed by atoms with Crippen LogP contribution in [-0.2, 0) is 4.79 Å². The van der Waals surface area contributed by atoms with Gasteiger partial charge in [0.15, 0.2) is 5.88 Å². The highest BCUT2D eigenvalue weighted by molar-refractivity contribution is 9.10. The van der Waals surface area contributed by atoms with E-state index in [1.54, 1.807) is 6.07 Å². The van der Waals surface area contributed by atoms with Crippen LogP contribution in [-0.4, -0.2) is 16.0 Å². The van der Waals surface area contributed by atoms with E-state index in [-0.39, 0.29) is 11.8 Å². The molecule has 0 radical (unpaired) electrons. The Kier molecular flexibility index (Phi) is 2.99. The summed E-state index contributed by atoms with van der Waals surface area (Å²) >= 11 is 6.83. The Hall–Kier alpha value is -1.92. The molecule has 108 valence electrons. The van der Waals surface area contributed by atoms with Gasteiger partial charge in [0, 0.05) is 25.1 Å². The first-order valence-corrected chi connectivity index (χ1v) is 8.06.